The molecule has 1 amide bonds. The Morgan fingerprint density at radius 1 is 0.970 bits per heavy atom. The number of piperazine rings is 1. The summed E-state index contributed by atoms with van der Waals surface area (Å²) in [6.07, 6.45) is 0. The van der Waals surface area contributed by atoms with Crippen LogP contribution in [0.3, 0.4) is 0 Å². The zero-order chi connectivity index (χ0) is 22.9. The van der Waals surface area contributed by atoms with Crippen molar-refractivity contribution in [1.82, 2.24) is 4.90 Å². The first-order chi connectivity index (χ1) is 16.0. The lowest BCUT2D eigenvalue weighted by Crippen LogP contribution is -3.13. The van der Waals surface area contributed by atoms with Gasteiger partial charge in [0.1, 0.15) is 23.6 Å². The van der Waals surface area contributed by atoms with E-state index in [1.54, 1.807) is 6.07 Å². The number of nitrogens with zero attached hydrogens (tertiary/aromatic N) is 1. The van der Waals surface area contributed by atoms with Crippen LogP contribution >= 0.6 is 0 Å². The highest BCUT2D eigenvalue weighted by Crippen LogP contribution is 2.38. The molecular formula is C27H27N2O4+. The van der Waals surface area contributed by atoms with E-state index >= 15 is 0 Å². The summed E-state index contributed by atoms with van der Waals surface area (Å²) in [5.41, 5.74) is 2.51. The van der Waals surface area contributed by atoms with Gasteiger partial charge in [-0.15, -0.1) is 0 Å². The third kappa shape index (κ3) is 4.10. The summed E-state index contributed by atoms with van der Waals surface area (Å²) in [5, 5.41) is 2.29. The first-order valence-corrected chi connectivity index (χ1v) is 11.3. The predicted octanol–water partition coefficient (Wildman–Crippen LogP) is 3.36. The summed E-state index contributed by atoms with van der Waals surface area (Å²) in [6, 6.07) is 19.8. The lowest BCUT2D eigenvalue weighted by molar-refractivity contribution is -0.917. The second-order valence-corrected chi connectivity index (χ2v) is 8.63. The minimum absolute atomic E-state index is 0.0333. The Balaban J connectivity index is 1.44. The van der Waals surface area contributed by atoms with Crippen LogP contribution in [0.2, 0.25) is 0 Å². The molecule has 0 bridgehead atoms. The highest BCUT2D eigenvalue weighted by Gasteiger charge is 2.29. The number of carbonyl (C=O) groups excluding carboxylic acids is 2. The second-order valence-electron chi connectivity index (χ2n) is 8.63. The molecule has 1 aliphatic rings. The third-order valence-electron chi connectivity index (χ3n) is 6.36. The first kappa shape index (κ1) is 21.2. The highest BCUT2D eigenvalue weighted by atomic mass is 16.5. The zero-order valence-electron chi connectivity index (χ0n) is 18.9. The fraction of sp³-hybridized carbons (Fsp3) is 0.259. The second kappa shape index (κ2) is 8.71. The number of benzene rings is 3. The molecule has 33 heavy (non-hydrogen) atoms. The molecule has 4 aromatic rings. The molecular weight excluding hydrogens is 416 g/mol. The van der Waals surface area contributed by atoms with Gasteiger partial charge in [-0.25, -0.2) is 0 Å². The van der Waals surface area contributed by atoms with E-state index < -0.39 is 5.97 Å². The average molecular weight is 444 g/mol. The Morgan fingerprint density at radius 3 is 2.33 bits per heavy atom. The molecule has 6 heteroatoms. The van der Waals surface area contributed by atoms with E-state index in [0.29, 0.717) is 41.1 Å². The molecule has 168 valence electrons. The van der Waals surface area contributed by atoms with Gasteiger partial charge in [-0.3, -0.25) is 9.59 Å². The molecule has 0 unspecified atom stereocenters. The van der Waals surface area contributed by atoms with Crippen molar-refractivity contribution in [3.63, 3.8) is 0 Å². The molecule has 3 aromatic carbocycles. The van der Waals surface area contributed by atoms with Gasteiger partial charge in [0.2, 0.25) is 0 Å². The minimum atomic E-state index is -0.398. The summed E-state index contributed by atoms with van der Waals surface area (Å²) in [6.45, 7) is 7.35. The molecule has 2 heterocycles. The number of hydrogen-bond acceptors (Lipinski definition) is 4. The lowest BCUT2D eigenvalue weighted by Gasteiger charge is -2.32. The number of furan rings is 1. The van der Waals surface area contributed by atoms with Gasteiger partial charge in [0.15, 0.2) is 0 Å². The van der Waals surface area contributed by atoms with E-state index in [1.165, 1.54) is 17.4 Å². The monoisotopic (exact) mass is 443 g/mol. The quantitative estimate of drug-likeness (QED) is 0.388. The maximum atomic E-state index is 13.6. The van der Waals surface area contributed by atoms with Crippen molar-refractivity contribution in [2.24, 2.45) is 0 Å². The zero-order valence-corrected chi connectivity index (χ0v) is 18.9. The third-order valence-corrected chi connectivity index (χ3v) is 6.36. The van der Waals surface area contributed by atoms with Crippen LogP contribution in [0.15, 0.2) is 65.1 Å². The van der Waals surface area contributed by atoms with E-state index in [1.807, 2.05) is 42.2 Å². The van der Waals surface area contributed by atoms with Gasteiger partial charge >= 0.3 is 5.97 Å². The van der Waals surface area contributed by atoms with Gasteiger partial charge in [0, 0.05) is 28.6 Å². The average Bonchev–Trinajstić information content (AvgIpc) is 3.15. The van der Waals surface area contributed by atoms with Gasteiger partial charge in [-0.1, -0.05) is 54.6 Å². The van der Waals surface area contributed by atoms with Crippen LogP contribution in [0.25, 0.3) is 21.7 Å². The van der Waals surface area contributed by atoms with Crippen LogP contribution in [0.1, 0.15) is 28.6 Å². The summed E-state index contributed by atoms with van der Waals surface area (Å²) in [5.74, 6) is 0.593. The van der Waals surface area contributed by atoms with Crippen LogP contribution in [-0.2, 0) is 11.3 Å². The SMILES string of the molecule is CC(=O)Oc1cc2c(C(=O)N3CC[NH+](Cc4ccccc4)CC3)c(C)oc2c2ccccc12. The fourth-order valence-electron chi connectivity index (χ4n) is 4.76. The van der Waals surface area contributed by atoms with E-state index in [9.17, 15) is 9.59 Å². The van der Waals surface area contributed by atoms with E-state index in [4.69, 9.17) is 9.15 Å². The Morgan fingerprint density at radius 2 is 1.64 bits per heavy atom. The smallest absolute Gasteiger partial charge is 0.308 e. The molecule has 1 aliphatic heterocycles. The summed E-state index contributed by atoms with van der Waals surface area (Å²) >= 11 is 0. The molecule has 5 rings (SSSR count). The van der Waals surface area contributed by atoms with Crippen molar-refractivity contribution in [1.29, 1.82) is 0 Å². The summed E-state index contributed by atoms with van der Waals surface area (Å²) in [7, 11) is 0. The number of hydrogen-bond donors (Lipinski definition) is 1. The molecule has 1 aromatic heterocycles. The Labute approximate surface area is 192 Å². The summed E-state index contributed by atoms with van der Waals surface area (Å²) < 4.78 is 11.6. The van der Waals surface area contributed by atoms with E-state index in [0.717, 1.165) is 30.4 Å². The number of rotatable bonds is 4. The number of carbonyl (C=O) groups is 2. The van der Waals surface area contributed by atoms with Gasteiger partial charge in [-0.2, -0.15) is 0 Å². The highest BCUT2D eigenvalue weighted by molar-refractivity contribution is 6.16. The number of aryl methyl sites for hydroxylation is 1. The number of amides is 1. The molecule has 0 atom stereocenters. The number of esters is 1. The van der Waals surface area contributed by atoms with Gasteiger partial charge in [0.25, 0.3) is 5.91 Å². The van der Waals surface area contributed by atoms with Crippen molar-refractivity contribution < 1.29 is 23.6 Å². The minimum Gasteiger partial charge on any atom is -0.460 e. The molecule has 1 fully saturated rings. The van der Waals surface area contributed by atoms with Crippen molar-refractivity contribution in [3.05, 3.63) is 77.6 Å². The Hall–Kier alpha value is -3.64. The topological polar surface area (TPSA) is 64.2 Å². The maximum absolute atomic E-state index is 13.6. The molecule has 1 saturated heterocycles. The van der Waals surface area contributed by atoms with Crippen LogP contribution in [0.5, 0.6) is 5.75 Å². The van der Waals surface area contributed by atoms with E-state index in [2.05, 4.69) is 24.3 Å². The van der Waals surface area contributed by atoms with Crippen molar-refractivity contribution in [2.75, 3.05) is 26.2 Å². The van der Waals surface area contributed by atoms with Gasteiger partial charge < -0.3 is 19.0 Å². The standard InChI is InChI=1S/C27H26N2O4/c1-18-25(27(31)29-14-12-28(13-15-29)17-20-8-4-3-5-9-20)23-16-24(33-19(2)30)21-10-6-7-11-22(21)26(23)32-18/h3-11,16H,12-15,17H2,1-2H3/p+1. The predicted molar refractivity (Wildman–Crippen MR) is 127 cm³/mol. The number of fused-ring (bicyclic) bond motifs is 3. The number of nitrogens with one attached hydrogen (secondary N) is 1. The van der Waals surface area contributed by atoms with Gasteiger partial charge in [0.05, 0.1) is 31.7 Å². The molecule has 0 saturated carbocycles. The molecule has 6 nitrogen and oxygen atoms in total. The molecule has 0 radical (unpaired) electrons. The van der Waals surface area contributed by atoms with Crippen LogP contribution < -0.4 is 9.64 Å². The van der Waals surface area contributed by atoms with Crippen molar-refractivity contribution in [2.45, 2.75) is 20.4 Å². The number of quaternary nitrogens is 1. The van der Waals surface area contributed by atoms with Crippen LogP contribution in [0.4, 0.5) is 0 Å². The molecule has 1 N–H and O–H groups in total. The van der Waals surface area contributed by atoms with Crippen molar-refractivity contribution in [3.8, 4) is 5.75 Å². The normalized spacial score (nSPS) is 14.7. The largest absolute Gasteiger partial charge is 0.460 e. The molecule has 0 aliphatic carbocycles. The van der Waals surface area contributed by atoms with Gasteiger partial charge in [-0.05, 0) is 13.0 Å². The number of ether oxygens (including phenoxy) is 1. The fourth-order valence-corrected chi connectivity index (χ4v) is 4.76. The Kier molecular flexibility index (Phi) is 5.60. The van der Waals surface area contributed by atoms with E-state index in [-0.39, 0.29) is 5.91 Å². The van der Waals surface area contributed by atoms with Crippen LogP contribution in [-0.4, -0.2) is 43.0 Å². The first-order valence-electron chi connectivity index (χ1n) is 11.3. The lowest BCUT2D eigenvalue weighted by atomic mass is 10.0. The van der Waals surface area contributed by atoms with Crippen molar-refractivity contribution >= 4 is 33.6 Å². The van der Waals surface area contributed by atoms with Crippen LogP contribution in [0, 0.1) is 6.92 Å². The molecule has 0 spiro atoms. The maximum Gasteiger partial charge on any atom is 0.308 e. The Bertz CT molecular complexity index is 1330. The summed E-state index contributed by atoms with van der Waals surface area (Å²) in [4.78, 5) is 28.7.